The van der Waals surface area contributed by atoms with Gasteiger partial charge in [0.25, 0.3) is 11.1 Å². The Bertz CT molecular complexity index is 1270. The summed E-state index contributed by atoms with van der Waals surface area (Å²) in [6.07, 6.45) is 1.37. The van der Waals surface area contributed by atoms with Crippen molar-refractivity contribution in [2.45, 2.75) is 6.54 Å². The molecule has 30 heavy (non-hydrogen) atoms. The highest BCUT2D eigenvalue weighted by Gasteiger charge is 2.08. The summed E-state index contributed by atoms with van der Waals surface area (Å²) in [6.45, 7) is -0.149. The van der Waals surface area contributed by atoms with Crippen molar-refractivity contribution in [2.24, 2.45) is 0 Å². The van der Waals surface area contributed by atoms with Crippen molar-refractivity contribution in [3.05, 3.63) is 99.8 Å². The summed E-state index contributed by atoms with van der Waals surface area (Å²) >= 11 is 0. The minimum Gasteiger partial charge on any atom is -0.325 e. The van der Waals surface area contributed by atoms with E-state index in [4.69, 9.17) is 0 Å². The van der Waals surface area contributed by atoms with Crippen molar-refractivity contribution in [1.82, 2.24) is 19.7 Å². The van der Waals surface area contributed by atoms with E-state index in [1.165, 1.54) is 23.0 Å². The van der Waals surface area contributed by atoms with Crippen LogP contribution < -0.4 is 16.4 Å². The van der Waals surface area contributed by atoms with Crippen molar-refractivity contribution in [2.75, 3.05) is 5.32 Å². The maximum atomic E-state index is 12.3. The molecule has 148 valence electrons. The van der Waals surface area contributed by atoms with Crippen LogP contribution in [0.2, 0.25) is 0 Å². The van der Waals surface area contributed by atoms with E-state index in [1.807, 2.05) is 30.3 Å². The number of hydrogen-bond acceptors (Lipinski definition) is 5. The monoisotopic (exact) mass is 399 g/mol. The minimum absolute atomic E-state index is 0.149. The molecule has 8 nitrogen and oxygen atoms in total. The van der Waals surface area contributed by atoms with Gasteiger partial charge >= 0.3 is 0 Å². The molecular formula is C22H17N5O3. The van der Waals surface area contributed by atoms with Gasteiger partial charge in [-0.15, -0.1) is 0 Å². The van der Waals surface area contributed by atoms with Crippen LogP contribution in [0.5, 0.6) is 0 Å². The van der Waals surface area contributed by atoms with Gasteiger partial charge in [0.1, 0.15) is 6.54 Å². The molecule has 0 saturated heterocycles. The number of nitrogens with one attached hydrogen (secondary N) is 2. The number of rotatable bonds is 5. The van der Waals surface area contributed by atoms with Crippen LogP contribution in [0.25, 0.3) is 22.5 Å². The number of hydrogen-bond donors (Lipinski definition) is 2. The quantitative estimate of drug-likeness (QED) is 0.535. The topological polar surface area (TPSA) is 110 Å². The first-order valence-electron chi connectivity index (χ1n) is 9.16. The summed E-state index contributed by atoms with van der Waals surface area (Å²) in [6, 6.07) is 20.8. The predicted molar refractivity (Wildman–Crippen MR) is 113 cm³/mol. The Morgan fingerprint density at radius 2 is 1.63 bits per heavy atom. The van der Waals surface area contributed by atoms with Gasteiger partial charge in [0.2, 0.25) is 5.91 Å². The lowest BCUT2D eigenvalue weighted by atomic mass is 10.1. The number of aromatic nitrogens is 4. The molecule has 0 aliphatic rings. The van der Waals surface area contributed by atoms with Gasteiger partial charge in [-0.1, -0.05) is 42.5 Å². The van der Waals surface area contributed by atoms with Crippen molar-refractivity contribution in [3.8, 4) is 22.5 Å². The van der Waals surface area contributed by atoms with E-state index >= 15 is 0 Å². The standard InChI is InChI=1S/C22H17N5O3/c28-20-11-10-18(25-26-20)16-6-8-17(9-7-16)24-21(29)13-27-14-23-19(12-22(27)30)15-4-2-1-3-5-15/h1-12,14H,13H2,(H,24,29)(H,26,28). The first kappa shape index (κ1) is 19.0. The number of aromatic amines is 1. The van der Waals surface area contributed by atoms with Gasteiger partial charge < -0.3 is 5.32 Å². The molecule has 2 aromatic carbocycles. The average molecular weight is 399 g/mol. The Balaban J connectivity index is 1.43. The van der Waals surface area contributed by atoms with Crippen molar-refractivity contribution in [1.29, 1.82) is 0 Å². The molecular weight excluding hydrogens is 382 g/mol. The molecule has 0 unspecified atom stereocenters. The maximum Gasteiger partial charge on any atom is 0.264 e. The summed E-state index contributed by atoms with van der Waals surface area (Å²) < 4.78 is 1.25. The zero-order valence-electron chi connectivity index (χ0n) is 15.8. The summed E-state index contributed by atoms with van der Waals surface area (Å²) in [5.41, 5.74) is 2.80. The first-order chi connectivity index (χ1) is 14.6. The van der Waals surface area contributed by atoms with Crippen molar-refractivity contribution in [3.63, 3.8) is 0 Å². The smallest absolute Gasteiger partial charge is 0.264 e. The Hall–Kier alpha value is -4.33. The van der Waals surface area contributed by atoms with E-state index in [0.717, 1.165) is 11.1 Å². The molecule has 0 aliphatic heterocycles. The van der Waals surface area contributed by atoms with Crippen LogP contribution in [-0.4, -0.2) is 25.7 Å². The summed E-state index contributed by atoms with van der Waals surface area (Å²) in [4.78, 5) is 40.0. The molecule has 8 heteroatoms. The van der Waals surface area contributed by atoms with Crippen molar-refractivity contribution < 1.29 is 4.79 Å². The highest BCUT2D eigenvalue weighted by atomic mass is 16.2. The number of carbonyl (C=O) groups is 1. The number of amides is 1. The number of nitrogens with zero attached hydrogens (tertiary/aromatic N) is 3. The Morgan fingerprint density at radius 1 is 0.900 bits per heavy atom. The zero-order valence-corrected chi connectivity index (χ0v) is 15.8. The molecule has 0 atom stereocenters. The minimum atomic E-state index is -0.346. The molecule has 0 aliphatic carbocycles. The van der Waals surface area contributed by atoms with Crippen LogP contribution in [0, 0.1) is 0 Å². The third kappa shape index (κ3) is 4.39. The molecule has 0 fully saturated rings. The zero-order chi connectivity index (χ0) is 20.9. The second kappa shape index (κ2) is 8.36. The fraction of sp³-hybridized carbons (Fsp3) is 0.0455. The van der Waals surface area contributed by atoms with Crippen LogP contribution >= 0.6 is 0 Å². The lowest BCUT2D eigenvalue weighted by molar-refractivity contribution is -0.116. The van der Waals surface area contributed by atoms with E-state index in [1.54, 1.807) is 30.3 Å². The molecule has 4 rings (SSSR count). The predicted octanol–water partition coefficient (Wildman–Crippen LogP) is 2.30. The van der Waals surface area contributed by atoms with Crippen LogP contribution in [0.15, 0.2) is 88.7 Å². The number of anilines is 1. The Kier molecular flexibility index (Phi) is 5.29. The summed E-state index contributed by atoms with van der Waals surface area (Å²) in [5, 5.41) is 9.09. The number of H-pyrrole nitrogens is 1. The highest BCUT2D eigenvalue weighted by Crippen LogP contribution is 2.18. The van der Waals surface area contributed by atoms with Crippen LogP contribution in [0.3, 0.4) is 0 Å². The molecule has 0 spiro atoms. The van der Waals surface area contributed by atoms with Crippen LogP contribution in [0.4, 0.5) is 5.69 Å². The van der Waals surface area contributed by atoms with Gasteiger partial charge in [0.05, 0.1) is 17.7 Å². The maximum absolute atomic E-state index is 12.3. The molecule has 2 aromatic heterocycles. The Morgan fingerprint density at radius 3 is 2.30 bits per heavy atom. The molecule has 2 N–H and O–H groups in total. The fourth-order valence-corrected chi connectivity index (χ4v) is 2.90. The first-order valence-corrected chi connectivity index (χ1v) is 9.16. The normalized spacial score (nSPS) is 10.5. The molecule has 4 aromatic rings. The van der Waals surface area contributed by atoms with Crippen LogP contribution in [0.1, 0.15) is 0 Å². The van der Waals surface area contributed by atoms with Crippen LogP contribution in [-0.2, 0) is 11.3 Å². The third-order valence-electron chi connectivity index (χ3n) is 4.41. The fourth-order valence-electron chi connectivity index (χ4n) is 2.90. The van der Waals surface area contributed by atoms with E-state index in [9.17, 15) is 14.4 Å². The lowest BCUT2D eigenvalue weighted by Crippen LogP contribution is -2.27. The second-order valence-electron chi connectivity index (χ2n) is 6.54. The molecule has 2 heterocycles. The van der Waals surface area contributed by atoms with E-state index in [2.05, 4.69) is 20.5 Å². The van der Waals surface area contributed by atoms with E-state index in [-0.39, 0.29) is 23.6 Å². The molecule has 1 amide bonds. The van der Waals surface area contributed by atoms with Gasteiger partial charge in [0, 0.05) is 28.9 Å². The third-order valence-corrected chi connectivity index (χ3v) is 4.41. The molecule has 0 bridgehead atoms. The highest BCUT2D eigenvalue weighted by molar-refractivity contribution is 5.90. The Labute approximate surface area is 170 Å². The number of benzene rings is 2. The van der Waals surface area contributed by atoms with Crippen molar-refractivity contribution >= 4 is 11.6 Å². The van der Waals surface area contributed by atoms with Gasteiger partial charge in [0.15, 0.2) is 0 Å². The van der Waals surface area contributed by atoms with E-state index in [0.29, 0.717) is 17.1 Å². The average Bonchev–Trinajstić information content (AvgIpc) is 2.77. The van der Waals surface area contributed by atoms with Gasteiger partial charge in [-0.3, -0.25) is 19.0 Å². The second-order valence-corrected chi connectivity index (χ2v) is 6.54. The van der Waals surface area contributed by atoms with Gasteiger partial charge in [-0.05, 0) is 18.2 Å². The molecule has 0 radical (unpaired) electrons. The molecule has 0 saturated carbocycles. The lowest BCUT2D eigenvalue weighted by Gasteiger charge is -2.09. The largest absolute Gasteiger partial charge is 0.325 e. The number of carbonyl (C=O) groups excluding carboxylic acids is 1. The summed E-state index contributed by atoms with van der Waals surface area (Å²) in [5.74, 6) is -0.346. The van der Waals surface area contributed by atoms with E-state index < -0.39 is 0 Å². The van der Waals surface area contributed by atoms with Gasteiger partial charge in [-0.25, -0.2) is 10.1 Å². The van der Waals surface area contributed by atoms with Gasteiger partial charge in [-0.2, -0.15) is 5.10 Å². The summed E-state index contributed by atoms with van der Waals surface area (Å²) in [7, 11) is 0. The SMILES string of the molecule is O=C(Cn1cnc(-c2ccccc2)cc1=O)Nc1ccc(-c2ccc(=O)[nH]n2)cc1.